The summed E-state index contributed by atoms with van der Waals surface area (Å²) in [6.45, 7) is 2.61. The van der Waals surface area contributed by atoms with Crippen LogP contribution in [0.3, 0.4) is 0 Å². The minimum Gasteiger partial charge on any atom is -0.462 e. The van der Waals surface area contributed by atoms with Gasteiger partial charge < -0.3 is 64.2 Å². The fourth-order valence-electron chi connectivity index (χ4n) is 9.54. The Hall–Kier alpha value is -2.02. The Labute approximate surface area is 447 Å². The van der Waals surface area contributed by atoms with Crippen LogP contribution in [0.1, 0.15) is 245 Å². The molecule has 2 heterocycles. The molecule has 74 heavy (non-hydrogen) atoms. The first kappa shape index (κ1) is 68.1. The zero-order chi connectivity index (χ0) is 53.9. The van der Waals surface area contributed by atoms with E-state index in [1.54, 1.807) is 0 Å². The molecule has 0 saturated carbocycles. The van der Waals surface area contributed by atoms with E-state index in [2.05, 4.69) is 38.2 Å². The maximum absolute atomic E-state index is 13.1. The lowest BCUT2D eigenvalue weighted by Gasteiger charge is -2.42. The molecule has 0 spiro atoms. The van der Waals surface area contributed by atoms with Gasteiger partial charge in [-0.1, -0.05) is 212 Å². The molecule has 11 atom stereocenters. The van der Waals surface area contributed by atoms with Gasteiger partial charge in [0.25, 0.3) is 0 Å². The second-order valence-electron chi connectivity index (χ2n) is 21.2. The third-order valence-corrected chi connectivity index (χ3v) is 14.4. The van der Waals surface area contributed by atoms with Gasteiger partial charge in [0.05, 0.1) is 19.8 Å². The van der Waals surface area contributed by atoms with E-state index in [-0.39, 0.29) is 26.1 Å². The van der Waals surface area contributed by atoms with Crippen LogP contribution in [0.25, 0.3) is 0 Å². The molecule has 0 aromatic carbocycles. The van der Waals surface area contributed by atoms with Crippen LogP contribution in [0, 0.1) is 0 Å². The molecule has 0 amide bonds. The second-order valence-corrected chi connectivity index (χ2v) is 21.2. The molecular weight excluding hydrogens is 949 g/mol. The third kappa shape index (κ3) is 32.7. The number of esters is 2. The lowest BCUT2D eigenvalue weighted by Crippen LogP contribution is -2.61. The van der Waals surface area contributed by atoms with Gasteiger partial charge in [0, 0.05) is 12.8 Å². The van der Waals surface area contributed by atoms with Gasteiger partial charge in [-0.15, -0.1) is 0 Å². The molecule has 7 N–H and O–H groups in total. The van der Waals surface area contributed by atoms with E-state index in [0.717, 1.165) is 57.8 Å². The summed E-state index contributed by atoms with van der Waals surface area (Å²) in [5.41, 5.74) is 0. The van der Waals surface area contributed by atoms with Crippen molar-refractivity contribution in [3.05, 3.63) is 24.3 Å². The molecule has 11 unspecified atom stereocenters. The highest BCUT2D eigenvalue weighted by atomic mass is 16.7. The topological polar surface area (TPSA) is 231 Å². The quantitative estimate of drug-likeness (QED) is 0.0171. The summed E-state index contributed by atoms with van der Waals surface area (Å²) in [6, 6.07) is 0. The average Bonchev–Trinajstić information content (AvgIpc) is 3.39. The van der Waals surface area contributed by atoms with Gasteiger partial charge >= 0.3 is 11.9 Å². The highest BCUT2D eigenvalue weighted by Crippen LogP contribution is 2.27. The molecule has 15 nitrogen and oxygen atoms in total. The van der Waals surface area contributed by atoms with E-state index in [1.165, 1.54) is 148 Å². The third-order valence-electron chi connectivity index (χ3n) is 14.4. The Morgan fingerprint density at radius 2 is 0.811 bits per heavy atom. The van der Waals surface area contributed by atoms with Crippen LogP contribution in [0.4, 0.5) is 0 Å². The summed E-state index contributed by atoms with van der Waals surface area (Å²) in [5.74, 6) is -0.916. The van der Waals surface area contributed by atoms with Gasteiger partial charge in [0.2, 0.25) is 0 Å². The molecule has 434 valence electrons. The number of ether oxygens (including phenoxy) is 6. The average molecular weight is 1060 g/mol. The van der Waals surface area contributed by atoms with Crippen molar-refractivity contribution in [1.29, 1.82) is 0 Å². The van der Waals surface area contributed by atoms with Crippen molar-refractivity contribution in [2.24, 2.45) is 0 Å². The molecule has 0 aliphatic carbocycles. The van der Waals surface area contributed by atoms with Crippen LogP contribution >= 0.6 is 0 Å². The molecule has 0 radical (unpaired) electrons. The minimum atomic E-state index is -1.76. The van der Waals surface area contributed by atoms with Gasteiger partial charge in [0.15, 0.2) is 18.7 Å². The van der Waals surface area contributed by atoms with E-state index in [0.29, 0.717) is 12.8 Å². The van der Waals surface area contributed by atoms with Crippen molar-refractivity contribution < 1.29 is 73.8 Å². The first-order valence-electron chi connectivity index (χ1n) is 29.9. The standard InChI is InChI=1S/C59H108O15/c1-3-5-7-9-11-13-15-17-19-21-23-25-27-29-31-33-35-37-39-41-50(61)69-44-47(72-51(62)42-40-38-36-34-32-30-28-26-24-22-20-18-16-14-12-10-8-6-4-2)45-70-58-57(68)55(66)53(64)49(74-58)46-71-59-56(67)54(65)52(63)48(43-60)73-59/h12,14,18,20,47-49,52-60,63-68H,3-11,13,15-17,19,21-46H2,1-2H3/b14-12-,20-18-. The molecule has 0 aromatic heterocycles. The fraction of sp³-hybridized carbons (Fsp3) is 0.898. The van der Waals surface area contributed by atoms with E-state index < -0.39 is 92.7 Å². The van der Waals surface area contributed by atoms with Crippen molar-refractivity contribution in [3.8, 4) is 0 Å². The molecule has 2 aliphatic rings. The number of allylic oxidation sites excluding steroid dienone is 4. The van der Waals surface area contributed by atoms with Crippen molar-refractivity contribution in [1.82, 2.24) is 0 Å². The monoisotopic (exact) mass is 1060 g/mol. The van der Waals surface area contributed by atoms with Gasteiger partial charge in [-0.25, -0.2) is 0 Å². The van der Waals surface area contributed by atoms with E-state index in [1.807, 2.05) is 0 Å². The first-order chi connectivity index (χ1) is 36.0. The lowest BCUT2D eigenvalue weighted by atomic mass is 9.98. The van der Waals surface area contributed by atoms with Crippen molar-refractivity contribution in [2.45, 2.75) is 313 Å². The van der Waals surface area contributed by atoms with Crippen LogP contribution < -0.4 is 0 Å². The van der Waals surface area contributed by atoms with E-state index in [4.69, 9.17) is 28.4 Å². The smallest absolute Gasteiger partial charge is 0.306 e. The summed E-state index contributed by atoms with van der Waals surface area (Å²) in [7, 11) is 0. The minimum absolute atomic E-state index is 0.163. The largest absolute Gasteiger partial charge is 0.462 e. The molecule has 2 saturated heterocycles. The van der Waals surface area contributed by atoms with Gasteiger partial charge in [-0.2, -0.15) is 0 Å². The van der Waals surface area contributed by atoms with E-state index in [9.17, 15) is 45.3 Å². The maximum Gasteiger partial charge on any atom is 0.306 e. The zero-order valence-corrected chi connectivity index (χ0v) is 46.3. The number of unbranched alkanes of at least 4 members (excludes halogenated alkanes) is 30. The van der Waals surface area contributed by atoms with Crippen molar-refractivity contribution in [3.63, 3.8) is 0 Å². The Bertz CT molecular complexity index is 1380. The fourth-order valence-corrected chi connectivity index (χ4v) is 9.54. The summed E-state index contributed by atoms with van der Waals surface area (Å²) in [4.78, 5) is 25.9. The summed E-state index contributed by atoms with van der Waals surface area (Å²) < 4.78 is 33.7. The Balaban J connectivity index is 1.74. The predicted molar refractivity (Wildman–Crippen MR) is 289 cm³/mol. The van der Waals surface area contributed by atoms with Crippen molar-refractivity contribution in [2.75, 3.05) is 26.4 Å². The van der Waals surface area contributed by atoms with Gasteiger partial charge in [0.1, 0.15) is 55.4 Å². The molecule has 2 rings (SSSR count). The molecule has 2 aliphatic heterocycles. The second kappa shape index (κ2) is 45.9. The van der Waals surface area contributed by atoms with Crippen LogP contribution in [0.15, 0.2) is 24.3 Å². The van der Waals surface area contributed by atoms with Gasteiger partial charge in [-0.05, 0) is 44.9 Å². The Kier molecular flexibility index (Phi) is 42.3. The van der Waals surface area contributed by atoms with Crippen LogP contribution in [-0.4, -0.2) is 142 Å². The highest BCUT2D eigenvalue weighted by Gasteiger charge is 2.47. The van der Waals surface area contributed by atoms with E-state index >= 15 is 0 Å². The number of rotatable bonds is 48. The summed E-state index contributed by atoms with van der Waals surface area (Å²) >= 11 is 0. The first-order valence-corrected chi connectivity index (χ1v) is 29.9. The van der Waals surface area contributed by atoms with Crippen LogP contribution in [0.2, 0.25) is 0 Å². The maximum atomic E-state index is 13.1. The molecular formula is C59H108O15. The van der Waals surface area contributed by atoms with Crippen LogP contribution in [0.5, 0.6) is 0 Å². The number of carbonyl (C=O) groups excluding carboxylic acids is 2. The van der Waals surface area contributed by atoms with Crippen molar-refractivity contribution >= 4 is 11.9 Å². The molecule has 0 aromatic rings. The predicted octanol–water partition coefficient (Wildman–Crippen LogP) is 10.3. The lowest BCUT2D eigenvalue weighted by molar-refractivity contribution is -0.332. The van der Waals surface area contributed by atoms with Crippen LogP contribution in [-0.2, 0) is 38.0 Å². The number of aliphatic hydroxyl groups excluding tert-OH is 7. The number of aliphatic hydroxyl groups is 7. The Morgan fingerprint density at radius 1 is 0.432 bits per heavy atom. The highest BCUT2D eigenvalue weighted by molar-refractivity contribution is 5.70. The number of carbonyl (C=O) groups is 2. The molecule has 2 fully saturated rings. The van der Waals surface area contributed by atoms with Gasteiger partial charge in [-0.3, -0.25) is 9.59 Å². The number of hydrogen-bond acceptors (Lipinski definition) is 15. The Morgan fingerprint density at radius 3 is 1.28 bits per heavy atom. The number of hydrogen-bond donors (Lipinski definition) is 7. The summed E-state index contributed by atoms with van der Waals surface area (Å²) in [6.07, 6.45) is 33.3. The molecule has 15 heteroatoms. The SMILES string of the molecule is CCCCC/C=C\C/C=C\CCCCCCCCCCCC(=O)OC(COC(=O)CCCCCCCCCCCCCCCCCCCCC)COC1OC(COC2OC(CO)C(O)C(O)C2O)C(O)C(O)C1O. The molecule has 0 bridgehead atoms. The summed E-state index contributed by atoms with van der Waals surface area (Å²) in [5, 5.41) is 72.3. The zero-order valence-electron chi connectivity index (χ0n) is 46.3. The normalized spacial score (nSPS) is 24.8.